The molecule has 0 fully saturated rings. The average molecular weight is 497 g/mol. The van der Waals surface area contributed by atoms with E-state index in [1.807, 2.05) is 0 Å². The molecule has 1 unspecified atom stereocenters. The van der Waals surface area contributed by atoms with E-state index < -0.39 is 12.1 Å². The molecule has 4 nitrogen and oxygen atoms in total. The molecule has 0 saturated heterocycles. The number of carbonyl (C=O) groups is 2. The normalized spacial score (nSPS) is 12.1. The number of carboxylic acid groups (broad SMARTS) is 1. The quantitative estimate of drug-likeness (QED) is 0.0864. The summed E-state index contributed by atoms with van der Waals surface area (Å²) in [5, 5.41) is 9.11. The van der Waals surface area contributed by atoms with Crippen molar-refractivity contribution in [3.63, 3.8) is 0 Å². The third-order valence-electron chi connectivity index (χ3n) is 7.06. The SMILES string of the molecule is CCCCCCCCCCCCCCCCCCCC(=O)OC(CCCCCCCC)CC(=O)O. The minimum absolute atomic E-state index is 0.0697. The fraction of sp³-hybridized carbons (Fsp3) is 0.935. The Morgan fingerprint density at radius 3 is 1.26 bits per heavy atom. The van der Waals surface area contributed by atoms with Gasteiger partial charge in [-0.25, -0.2) is 0 Å². The molecule has 0 aliphatic heterocycles. The Labute approximate surface area is 218 Å². The molecule has 35 heavy (non-hydrogen) atoms. The summed E-state index contributed by atoms with van der Waals surface area (Å²) in [5.41, 5.74) is 0. The minimum Gasteiger partial charge on any atom is -0.481 e. The van der Waals surface area contributed by atoms with Crippen molar-refractivity contribution >= 4 is 11.9 Å². The summed E-state index contributed by atoms with van der Waals surface area (Å²) in [6.45, 7) is 4.47. The second-order valence-corrected chi connectivity index (χ2v) is 10.7. The molecule has 4 heteroatoms. The van der Waals surface area contributed by atoms with E-state index >= 15 is 0 Å². The number of ether oxygens (including phenoxy) is 1. The molecule has 0 aliphatic rings. The smallest absolute Gasteiger partial charge is 0.307 e. The van der Waals surface area contributed by atoms with E-state index in [4.69, 9.17) is 9.84 Å². The Morgan fingerprint density at radius 1 is 0.543 bits per heavy atom. The van der Waals surface area contributed by atoms with Crippen molar-refractivity contribution < 1.29 is 19.4 Å². The van der Waals surface area contributed by atoms with Crippen LogP contribution in [-0.2, 0) is 14.3 Å². The zero-order chi connectivity index (χ0) is 25.8. The maximum atomic E-state index is 12.2. The fourth-order valence-corrected chi connectivity index (χ4v) is 4.79. The Kier molecular flexibility index (Phi) is 26.7. The highest BCUT2D eigenvalue weighted by Gasteiger charge is 2.17. The summed E-state index contributed by atoms with van der Waals surface area (Å²) in [6, 6.07) is 0. The van der Waals surface area contributed by atoms with Gasteiger partial charge in [-0.15, -0.1) is 0 Å². The lowest BCUT2D eigenvalue weighted by Gasteiger charge is -2.16. The summed E-state index contributed by atoms with van der Waals surface area (Å²) in [6.07, 6.45) is 29.9. The first-order valence-electron chi connectivity index (χ1n) is 15.5. The van der Waals surface area contributed by atoms with Gasteiger partial charge in [-0.1, -0.05) is 149 Å². The van der Waals surface area contributed by atoms with E-state index in [0.29, 0.717) is 12.8 Å². The Hall–Kier alpha value is -1.06. The molecule has 1 atom stereocenters. The van der Waals surface area contributed by atoms with Crippen molar-refractivity contribution in [2.24, 2.45) is 0 Å². The van der Waals surface area contributed by atoms with Crippen LogP contribution in [0.1, 0.15) is 181 Å². The molecule has 0 rings (SSSR count). The van der Waals surface area contributed by atoms with Gasteiger partial charge in [-0.2, -0.15) is 0 Å². The molecule has 0 saturated carbocycles. The number of unbranched alkanes of at least 4 members (excludes halogenated alkanes) is 21. The molecule has 0 aromatic rings. The largest absolute Gasteiger partial charge is 0.481 e. The van der Waals surface area contributed by atoms with Crippen LogP contribution in [0.5, 0.6) is 0 Å². The fourth-order valence-electron chi connectivity index (χ4n) is 4.79. The van der Waals surface area contributed by atoms with E-state index in [-0.39, 0.29) is 12.4 Å². The van der Waals surface area contributed by atoms with E-state index in [1.165, 1.54) is 122 Å². The van der Waals surface area contributed by atoms with Crippen LogP contribution in [0.25, 0.3) is 0 Å². The van der Waals surface area contributed by atoms with Crippen LogP contribution in [0.3, 0.4) is 0 Å². The summed E-state index contributed by atoms with van der Waals surface area (Å²) >= 11 is 0. The summed E-state index contributed by atoms with van der Waals surface area (Å²) in [4.78, 5) is 23.3. The van der Waals surface area contributed by atoms with Crippen LogP contribution in [0, 0.1) is 0 Å². The monoisotopic (exact) mass is 496 g/mol. The van der Waals surface area contributed by atoms with Crippen LogP contribution in [-0.4, -0.2) is 23.1 Å². The van der Waals surface area contributed by atoms with Crippen molar-refractivity contribution in [3.05, 3.63) is 0 Å². The first-order valence-corrected chi connectivity index (χ1v) is 15.5. The lowest BCUT2D eigenvalue weighted by Crippen LogP contribution is -2.21. The zero-order valence-electron chi connectivity index (χ0n) is 23.6. The van der Waals surface area contributed by atoms with E-state index in [1.54, 1.807) is 0 Å². The maximum Gasteiger partial charge on any atom is 0.307 e. The van der Waals surface area contributed by atoms with Crippen LogP contribution in [0.15, 0.2) is 0 Å². The molecule has 0 heterocycles. The van der Waals surface area contributed by atoms with E-state index in [9.17, 15) is 9.59 Å². The topological polar surface area (TPSA) is 63.6 Å². The molecule has 208 valence electrons. The third kappa shape index (κ3) is 27.4. The molecule has 0 aliphatic carbocycles. The molecular formula is C31H60O4. The van der Waals surface area contributed by atoms with Crippen LogP contribution < -0.4 is 0 Å². The van der Waals surface area contributed by atoms with Crippen LogP contribution in [0.2, 0.25) is 0 Å². The number of hydrogen-bond acceptors (Lipinski definition) is 3. The van der Waals surface area contributed by atoms with Crippen molar-refractivity contribution in [3.8, 4) is 0 Å². The first-order chi connectivity index (χ1) is 17.1. The minimum atomic E-state index is -0.883. The molecule has 0 aromatic carbocycles. The molecule has 0 aromatic heterocycles. The molecule has 0 spiro atoms. The predicted molar refractivity (Wildman–Crippen MR) is 149 cm³/mol. The summed E-state index contributed by atoms with van der Waals surface area (Å²) in [7, 11) is 0. The molecular weight excluding hydrogens is 436 g/mol. The Balaban J connectivity index is 3.53. The van der Waals surface area contributed by atoms with Crippen LogP contribution >= 0.6 is 0 Å². The van der Waals surface area contributed by atoms with Gasteiger partial charge < -0.3 is 9.84 Å². The van der Waals surface area contributed by atoms with Crippen molar-refractivity contribution in [2.45, 2.75) is 187 Å². The van der Waals surface area contributed by atoms with Gasteiger partial charge in [0.15, 0.2) is 0 Å². The molecule has 0 bridgehead atoms. The standard InChI is InChI=1S/C31H60O4/c1-3-5-7-9-11-12-13-14-15-16-17-18-19-20-21-23-25-27-31(34)35-29(28-30(32)33)26-24-22-10-8-6-4-2/h29H,3-28H2,1-2H3,(H,32,33). The Bertz CT molecular complexity index is 463. The van der Waals surface area contributed by atoms with Crippen LogP contribution in [0.4, 0.5) is 0 Å². The number of hydrogen-bond donors (Lipinski definition) is 1. The lowest BCUT2D eigenvalue weighted by atomic mass is 10.0. The number of carbonyl (C=O) groups excluding carboxylic acids is 1. The number of carboxylic acids is 1. The van der Waals surface area contributed by atoms with Gasteiger partial charge in [0.2, 0.25) is 0 Å². The van der Waals surface area contributed by atoms with Crippen molar-refractivity contribution in [1.29, 1.82) is 0 Å². The summed E-state index contributed by atoms with van der Waals surface area (Å²) in [5.74, 6) is -1.10. The van der Waals surface area contributed by atoms with Gasteiger partial charge in [0, 0.05) is 6.42 Å². The van der Waals surface area contributed by atoms with Crippen molar-refractivity contribution in [1.82, 2.24) is 0 Å². The number of aliphatic carboxylic acids is 1. The first kappa shape index (κ1) is 33.9. The molecule has 1 N–H and O–H groups in total. The van der Waals surface area contributed by atoms with E-state index in [0.717, 1.165) is 25.7 Å². The number of esters is 1. The highest BCUT2D eigenvalue weighted by Crippen LogP contribution is 2.16. The van der Waals surface area contributed by atoms with E-state index in [2.05, 4.69) is 13.8 Å². The number of rotatable bonds is 28. The predicted octanol–water partition coefficient (Wildman–Crippen LogP) is 10.2. The summed E-state index contributed by atoms with van der Waals surface area (Å²) < 4.78 is 5.50. The maximum absolute atomic E-state index is 12.2. The van der Waals surface area contributed by atoms with Gasteiger partial charge in [0.25, 0.3) is 0 Å². The molecule has 0 amide bonds. The third-order valence-corrected chi connectivity index (χ3v) is 7.06. The van der Waals surface area contributed by atoms with Crippen molar-refractivity contribution in [2.75, 3.05) is 0 Å². The van der Waals surface area contributed by atoms with Gasteiger partial charge in [0.1, 0.15) is 6.10 Å². The lowest BCUT2D eigenvalue weighted by molar-refractivity contribution is -0.153. The zero-order valence-corrected chi connectivity index (χ0v) is 23.6. The second kappa shape index (κ2) is 27.5. The molecule has 0 radical (unpaired) electrons. The highest BCUT2D eigenvalue weighted by molar-refractivity contribution is 5.71. The van der Waals surface area contributed by atoms with Gasteiger partial charge >= 0.3 is 11.9 Å². The highest BCUT2D eigenvalue weighted by atomic mass is 16.5. The Morgan fingerprint density at radius 2 is 0.886 bits per heavy atom. The van der Waals surface area contributed by atoms with Gasteiger partial charge in [0.05, 0.1) is 6.42 Å². The average Bonchev–Trinajstić information content (AvgIpc) is 2.82. The second-order valence-electron chi connectivity index (χ2n) is 10.7. The van der Waals surface area contributed by atoms with Gasteiger partial charge in [-0.05, 0) is 19.3 Å². The van der Waals surface area contributed by atoms with Gasteiger partial charge in [-0.3, -0.25) is 9.59 Å².